The van der Waals surface area contributed by atoms with Crippen LogP contribution in [0.2, 0.25) is 0 Å². The molecule has 16 heavy (non-hydrogen) atoms. The first kappa shape index (κ1) is 16.0. The molecule has 0 aliphatic carbocycles. The van der Waals surface area contributed by atoms with Crippen LogP contribution in [0.25, 0.3) is 0 Å². The fourth-order valence-corrected chi connectivity index (χ4v) is 2.47. The molecular weight excluding hydrogens is 194 g/mol. The lowest BCUT2D eigenvalue weighted by Gasteiger charge is -2.27. The van der Waals surface area contributed by atoms with Gasteiger partial charge in [-0.2, -0.15) is 0 Å². The van der Waals surface area contributed by atoms with Gasteiger partial charge in [0, 0.05) is 6.04 Å². The van der Waals surface area contributed by atoms with E-state index >= 15 is 0 Å². The molecule has 2 unspecified atom stereocenters. The molecule has 0 spiro atoms. The largest absolute Gasteiger partial charge is 0.314 e. The minimum absolute atomic E-state index is 0.657. The van der Waals surface area contributed by atoms with E-state index in [-0.39, 0.29) is 0 Å². The summed E-state index contributed by atoms with van der Waals surface area (Å²) in [4.78, 5) is 0. The first-order chi connectivity index (χ1) is 7.40. The van der Waals surface area contributed by atoms with E-state index in [1.165, 1.54) is 19.4 Å². The van der Waals surface area contributed by atoms with Gasteiger partial charge in [-0.15, -0.1) is 0 Å². The summed E-state index contributed by atoms with van der Waals surface area (Å²) >= 11 is 0. The number of hydrogen-bond donors (Lipinski definition) is 1. The van der Waals surface area contributed by atoms with E-state index in [9.17, 15) is 0 Å². The van der Waals surface area contributed by atoms with Gasteiger partial charge >= 0.3 is 0 Å². The highest BCUT2D eigenvalue weighted by molar-refractivity contribution is 4.71. The monoisotopic (exact) mass is 227 g/mol. The van der Waals surface area contributed by atoms with Gasteiger partial charge in [0.2, 0.25) is 0 Å². The molecule has 1 N–H and O–H groups in total. The van der Waals surface area contributed by atoms with E-state index in [2.05, 4.69) is 53.8 Å². The average molecular weight is 227 g/mol. The zero-order chi connectivity index (χ0) is 12.7. The molecule has 0 rings (SSSR count). The van der Waals surface area contributed by atoms with Crippen LogP contribution in [-0.4, -0.2) is 12.6 Å². The maximum absolute atomic E-state index is 3.67. The maximum atomic E-state index is 3.67. The maximum Gasteiger partial charge on any atom is 0.00642 e. The van der Waals surface area contributed by atoms with E-state index in [0.717, 1.165) is 23.7 Å². The van der Waals surface area contributed by atoms with Crippen LogP contribution < -0.4 is 5.32 Å². The molecule has 2 atom stereocenters. The van der Waals surface area contributed by atoms with Gasteiger partial charge < -0.3 is 5.32 Å². The van der Waals surface area contributed by atoms with Crippen LogP contribution in [0, 0.1) is 23.7 Å². The van der Waals surface area contributed by atoms with Crippen LogP contribution in [0.3, 0.4) is 0 Å². The average Bonchev–Trinajstić information content (AvgIpc) is 2.21. The standard InChI is InChI=1S/C15H33N/c1-8-13(6)14(7)16-10-9-15(11(2)3)12(4)5/h11-16H,8-10H2,1-7H3. The van der Waals surface area contributed by atoms with Gasteiger partial charge in [-0.05, 0) is 43.6 Å². The summed E-state index contributed by atoms with van der Waals surface area (Å²) in [5.74, 6) is 3.26. The van der Waals surface area contributed by atoms with Crippen molar-refractivity contribution < 1.29 is 0 Å². The Morgan fingerprint density at radius 2 is 1.38 bits per heavy atom. The summed E-state index contributed by atoms with van der Waals surface area (Å²) in [5.41, 5.74) is 0. The molecule has 1 heteroatoms. The molecule has 0 aromatic heterocycles. The lowest BCUT2D eigenvalue weighted by Crippen LogP contribution is -2.34. The number of hydrogen-bond acceptors (Lipinski definition) is 1. The Morgan fingerprint density at radius 1 is 0.875 bits per heavy atom. The van der Waals surface area contributed by atoms with Crippen molar-refractivity contribution in [1.29, 1.82) is 0 Å². The molecule has 0 aromatic rings. The Labute approximate surface area is 103 Å². The quantitative estimate of drug-likeness (QED) is 0.651. The molecule has 0 amide bonds. The Hall–Kier alpha value is -0.0400. The molecule has 0 fully saturated rings. The Bertz CT molecular complexity index is 155. The Morgan fingerprint density at radius 3 is 1.75 bits per heavy atom. The lowest BCUT2D eigenvalue weighted by atomic mass is 9.83. The van der Waals surface area contributed by atoms with Crippen molar-refractivity contribution in [3.05, 3.63) is 0 Å². The first-order valence-electron chi connectivity index (χ1n) is 7.13. The third-order valence-electron chi connectivity index (χ3n) is 4.15. The van der Waals surface area contributed by atoms with Crippen molar-refractivity contribution in [2.75, 3.05) is 6.54 Å². The minimum Gasteiger partial charge on any atom is -0.314 e. The van der Waals surface area contributed by atoms with Crippen molar-refractivity contribution in [2.45, 2.75) is 67.3 Å². The molecular formula is C15H33N. The van der Waals surface area contributed by atoms with E-state index in [4.69, 9.17) is 0 Å². The molecule has 1 nitrogen and oxygen atoms in total. The summed E-state index contributed by atoms with van der Waals surface area (Å²) in [6, 6.07) is 0.657. The van der Waals surface area contributed by atoms with Crippen molar-refractivity contribution in [3.63, 3.8) is 0 Å². The summed E-state index contributed by atoms with van der Waals surface area (Å²) in [6.07, 6.45) is 2.59. The number of rotatable bonds is 8. The molecule has 0 aromatic carbocycles. The van der Waals surface area contributed by atoms with Gasteiger partial charge in [-0.3, -0.25) is 0 Å². The van der Waals surface area contributed by atoms with Gasteiger partial charge in [0.25, 0.3) is 0 Å². The van der Waals surface area contributed by atoms with E-state index in [1.807, 2.05) is 0 Å². The first-order valence-corrected chi connectivity index (χ1v) is 7.13. The van der Waals surface area contributed by atoms with E-state index < -0.39 is 0 Å². The van der Waals surface area contributed by atoms with Crippen LogP contribution in [0.1, 0.15) is 61.3 Å². The van der Waals surface area contributed by atoms with Crippen molar-refractivity contribution in [1.82, 2.24) is 5.32 Å². The smallest absolute Gasteiger partial charge is 0.00642 e. The van der Waals surface area contributed by atoms with Gasteiger partial charge in [0.05, 0.1) is 0 Å². The van der Waals surface area contributed by atoms with Crippen LogP contribution in [0.15, 0.2) is 0 Å². The highest BCUT2D eigenvalue weighted by Gasteiger charge is 2.17. The third-order valence-corrected chi connectivity index (χ3v) is 4.15. The predicted octanol–water partition coefficient (Wildman–Crippen LogP) is 4.33. The zero-order valence-electron chi connectivity index (χ0n) is 12.5. The van der Waals surface area contributed by atoms with Gasteiger partial charge in [0.15, 0.2) is 0 Å². The second-order valence-electron chi connectivity index (χ2n) is 6.07. The third kappa shape index (κ3) is 5.89. The predicted molar refractivity (Wildman–Crippen MR) is 74.7 cm³/mol. The second-order valence-corrected chi connectivity index (χ2v) is 6.07. The molecule has 0 radical (unpaired) electrons. The van der Waals surface area contributed by atoms with E-state index in [1.54, 1.807) is 0 Å². The lowest BCUT2D eigenvalue weighted by molar-refractivity contribution is 0.257. The van der Waals surface area contributed by atoms with Crippen molar-refractivity contribution in [2.24, 2.45) is 23.7 Å². The molecule has 0 bridgehead atoms. The fourth-order valence-electron chi connectivity index (χ4n) is 2.47. The topological polar surface area (TPSA) is 12.0 Å². The van der Waals surface area contributed by atoms with Crippen molar-refractivity contribution >= 4 is 0 Å². The normalized spacial score (nSPS) is 16.1. The summed E-state index contributed by atoms with van der Waals surface area (Å²) in [5, 5.41) is 3.67. The van der Waals surface area contributed by atoms with Gasteiger partial charge in [-0.1, -0.05) is 48.0 Å². The summed E-state index contributed by atoms with van der Waals surface area (Å²) < 4.78 is 0. The van der Waals surface area contributed by atoms with Gasteiger partial charge in [-0.25, -0.2) is 0 Å². The second kappa shape index (κ2) is 8.11. The SMILES string of the molecule is CCC(C)C(C)NCCC(C(C)C)C(C)C. The highest BCUT2D eigenvalue weighted by Crippen LogP contribution is 2.23. The van der Waals surface area contributed by atoms with Crippen LogP contribution in [0.5, 0.6) is 0 Å². The molecule has 98 valence electrons. The zero-order valence-corrected chi connectivity index (χ0v) is 12.5. The van der Waals surface area contributed by atoms with Crippen LogP contribution in [0.4, 0.5) is 0 Å². The Balaban J connectivity index is 3.86. The highest BCUT2D eigenvalue weighted by atomic mass is 14.9. The van der Waals surface area contributed by atoms with Gasteiger partial charge in [0.1, 0.15) is 0 Å². The van der Waals surface area contributed by atoms with Crippen molar-refractivity contribution in [3.8, 4) is 0 Å². The van der Waals surface area contributed by atoms with E-state index in [0.29, 0.717) is 6.04 Å². The number of nitrogens with one attached hydrogen (secondary N) is 1. The fraction of sp³-hybridized carbons (Fsp3) is 1.00. The molecule has 0 heterocycles. The van der Waals surface area contributed by atoms with Crippen LogP contribution >= 0.6 is 0 Å². The molecule has 0 aliphatic rings. The molecule has 0 aliphatic heterocycles. The summed E-state index contributed by atoms with van der Waals surface area (Å²) in [7, 11) is 0. The molecule has 0 saturated heterocycles. The van der Waals surface area contributed by atoms with Crippen LogP contribution in [-0.2, 0) is 0 Å². The minimum atomic E-state index is 0.657. The molecule has 0 saturated carbocycles. The summed E-state index contributed by atoms with van der Waals surface area (Å²) in [6.45, 7) is 17.5. The Kier molecular flexibility index (Phi) is 8.09.